The predicted octanol–water partition coefficient (Wildman–Crippen LogP) is 3.74. The van der Waals surface area contributed by atoms with Crippen LogP contribution in [0.3, 0.4) is 0 Å². The van der Waals surface area contributed by atoms with Gasteiger partial charge in [-0.05, 0) is 0 Å². The molecule has 0 saturated carbocycles. The summed E-state index contributed by atoms with van der Waals surface area (Å²) in [5.74, 6) is 1.49. The molecule has 0 radical (unpaired) electrons. The van der Waals surface area contributed by atoms with Gasteiger partial charge in [-0.2, -0.15) is 0 Å². The molecule has 0 spiro atoms. The normalized spacial score (nSPS) is 14.5. The third-order valence-corrected chi connectivity index (χ3v) is 6.60. The first-order valence-corrected chi connectivity index (χ1v) is 9.27. The summed E-state index contributed by atoms with van der Waals surface area (Å²) in [6.07, 6.45) is 2.44. The van der Waals surface area contributed by atoms with Crippen LogP contribution in [0.2, 0.25) is 0 Å². The number of thiol groups is 2. The molecule has 3 heteroatoms. The fourth-order valence-electron chi connectivity index (χ4n) is 1.39. The molecule has 0 aromatic heterocycles. The maximum atomic E-state index is 4.67. The minimum absolute atomic E-state index is 0.746. The molecule has 0 aliphatic heterocycles. The van der Waals surface area contributed by atoms with E-state index in [0.29, 0.717) is 0 Å². The molecular formula is C8H21PS2. The van der Waals surface area contributed by atoms with Gasteiger partial charge < -0.3 is 0 Å². The molecule has 0 saturated heterocycles. The van der Waals surface area contributed by atoms with Gasteiger partial charge in [0.05, 0.1) is 0 Å². The quantitative estimate of drug-likeness (QED) is 0.515. The Morgan fingerprint density at radius 3 is 1.36 bits per heavy atom. The molecule has 0 unspecified atom stereocenters. The van der Waals surface area contributed by atoms with Gasteiger partial charge in [0.25, 0.3) is 0 Å². The van der Waals surface area contributed by atoms with Crippen LogP contribution in [0.25, 0.3) is 0 Å². The first-order valence-electron chi connectivity index (χ1n) is 4.28. The van der Waals surface area contributed by atoms with Crippen molar-refractivity contribution in [1.29, 1.82) is 0 Å². The molecule has 11 heavy (non-hydrogen) atoms. The van der Waals surface area contributed by atoms with Gasteiger partial charge in [0.2, 0.25) is 0 Å². The van der Waals surface area contributed by atoms with Crippen LogP contribution in [0.15, 0.2) is 0 Å². The summed E-state index contributed by atoms with van der Waals surface area (Å²) in [4.78, 5) is 0. The van der Waals surface area contributed by atoms with Crippen LogP contribution in [0.1, 0.15) is 27.7 Å². The summed E-state index contributed by atoms with van der Waals surface area (Å²) in [6, 6.07) is 0. The number of hydrogen-bond acceptors (Lipinski definition) is 2. The topological polar surface area (TPSA) is 0 Å². The van der Waals surface area contributed by atoms with Crippen LogP contribution >= 0.6 is 30.2 Å². The van der Waals surface area contributed by atoms with Crippen LogP contribution in [-0.2, 0) is 0 Å². The Bertz CT molecular complexity index is 98.7. The first kappa shape index (κ1) is 12.1. The fraction of sp³-hybridized carbons (Fsp3) is 1.00. The van der Waals surface area contributed by atoms with Crippen molar-refractivity contribution in [2.24, 2.45) is 11.8 Å². The molecule has 0 aliphatic rings. The van der Waals surface area contributed by atoms with Gasteiger partial charge in [0.1, 0.15) is 0 Å². The van der Waals surface area contributed by atoms with E-state index < -0.39 is 5.67 Å². The molecular weight excluding hydrogens is 191 g/mol. The molecule has 0 fully saturated rings. The van der Waals surface area contributed by atoms with Gasteiger partial charge >= 0.3 is 82.0 Å². The molecule has 0 heterocycles. The average Bonchev–Trinajstić information content (AvgIpc) is 1.53. The molecule has 0 aromatic rings. The summed E-state index contributed by atoms with van der Waals surface area (Å²) in [7, 11) is 0. The first-order chi connectivity index (χ1) is 4.83. The van der Waals surface area contributed by atoms with Crippen LogP contribution in [0.4, 0.5) is 0 Å². The zero-order valence-corrected chi connectivity index (χ0v) is 10.8. The summed E-state index contributed by atoms with van der Waals surface area (Å²) in [5.41, 5.74) is -1.44. The molecule has 0 atom stereocenters. The molecule has 0 amide bonds. The van der Waals surface area contributed by atoms with E-state index in [0.717, 1.165) is 11.8 Å². The van der Waals surface area contributed by atoms with Gasteiger partial charge in [-0.25, -0.2) is 0 Å². The Kier molecular flexibility index (Phi) is 5.50. The van der Waals surface area contributed by atoms with Gasteiger partial charge in [-0.3, -0.25) is 0 Å². The van der Waals surface area contributed by atoms with Crippen LogP contribution in [0, 0.1) is 11.8 Å². The van der Waals surface area contributed by atoms with Crippen molar-refractivity contribution in [3.8, 4) is 0 Å². The zero-order chi connectivity index (χ0) is 9.07. The second-order valence-corrected chi connectivity index (χ2v) is 13.2. The van der Waals surface area contributed by atoms with E-state index in [1.165, 1.54) is 12.3 Å². The van der Waals surface area contributed by atoms with Gasteiger partial charge in [-0.15, -0.1) is 0 Å². The second-order valence-electron chi connectivity index (χ2n) is 4.18. The standard InChI is InChI=1S/C8H21PS2/c1-7(2)5-9(10,11)6-8(3)4/h7-11H,5-6H2,1-4H3. The monoisotopic (exact) mass is 212 g/mol. The van der Waals surface area contributed by atoms with Crippen molar-refractivity contribution in [3.05, 3.63) is 0 Å². The predicted molar refractivity (Wildman–Crippen MR) is 65.7 cm³/mol. The minimum atomic E-state index is -1.44. The van der Waals surface area contributed by atoms with E-state index >= 15 is 0 Å². The Balaban J connectivity index is 3.79. The molecule has 0 rings (SSSR count). The summed E-state index contributed by atoms with van der Waals surface area (Å²) in [6.45, 7) is 8.98. The SMILES string of the molecule is CC(C)C[PH](S)(S)CC(C)C. The Labute approximate surface area is 82.2 Å². The van der Waals surface area contributed by atoms with E-state index in [2.05, 4.69) is 52.2 Å². The van der Waals surface area contributed by atoms with E-state index in [4.69, 9.17) is 0 Å². The zero-order valence-electron chi connectivity index (χ0n) is 7.96. The van der Waals surface area contributed by atoms with Crippen molar-refractivity contribution >= 4 is 30.2 Å². The molecule has 70 valence electrons. The van der Waals surface area contributed by atoms with Crippen molar-refractivity contribution < 1.29 is 0 Å². The summed E-state index contributed by atoms with van der Waals surface area (Å²) < 4.78 is 0. The number of rotatable bonds is 4. The third-order valence-electron chi connectivity index (χ3n) is 1.47. The van der Waals surface area contributed by atoms with E-state index in [1.54, 1.807) is 0 Å². The molecule has 0 nitrogen and oxygen atoms in total. The molecule has 0 bridgehead atoms. The summed E-state index contributed by atoms with van der Waals surface area (Å²) >= 11 is 9.34. The van der Waals surface area contributed by atoms with Gasteiger partial charge in [-0.1, -0.05) is 0 Å². The molecule has 0 N–H and O–H groups in total. The number of hydrogen-bond donors (Lipinski definition) is 2. The second kappa shape index (κ2) is 4.99. The third kappa shape index (κ3) is 7.49. The van der Waals surface area contributed by atoms with Crippen molar-refractivity contribution in [1.82, 2.24) is 0 Å². The van der Waals surface area contributed by atoms with Crippen LogP contribution in [-0.4, -0.2) is 12.3 Å². The maximum absolute atomic E-state index is 4.67. The Morgan fingerprint density at radius 1 is 0.909 bits per heavy atom. The van der Waals surface area contributed by atoms with Crippen molar-refractivity contribution in [3.63, 3.8) is 0 Å². The Morgan fingerprint density at radius 2 is 1.18 bits per heavy atom. The molecule has 0 aliphatic carbocycles. The Hall–Kier alpha value is 1.13. The molecule has 0 aromatic carbocycles. The van der Waals surface area contributed by atoms with E-state index in [1.807, 2.05) is 0 Å². The van der Waals surface area contributed by atoms with Gasteiger partial charge in [0, 0.05) is 0 Å². The van der Waals surface area contributed by atoms with E-state index in [-0.39, 0.29) is 0 Å². The van der Waals surface area contributed by atoms with Crippen LogP contribution < -0.4 is 0 Å². The van der Waals surface area contributed by atoms with Crippen molar-refractivity contribution in [2.75, 3.05) is 12.3 Å². The summed E-state index contributed by atoms with van der Waals surface area (Å²) in [5, 5.41) is 0. The van der Waals surface area contributed by atoms with Crippen molar-refractivity contribution in [2.45, 2.75) is 27.7 Å². The fourth-order valence-corrected chi connectivity index (χ4v) is 8.55. The van der Waals surface area contributed by atoms with E-state index in [9.17, 15) is 0 Å². The van der Waals surface area contributed by atoms with Gasteiger partial charge in [0.15, 0.2) is 0 Å². The van der Waals surface area contributed by atoms with Crippen LogP contribution in [0.5, 0.6) is 0 Å². The average molecular weight is 212 g/mol.